The highest BCUT2D eigenvalue weighted by Crippen LogP contribution is 2.36. The minimum atomic E-state index is -0.934. The van der Waals surface area contributed by atoms with Crippen molar-refractivity contribution in [2.45, 2.75) is 38.6 Å². The fraction of sp³-hybridized carbons (Fsp3) is 0.600. The fourth-order valence-corrected chi connectivity index (χ4v) is 2.43. The van der Waals surface area contributed by atoms with Crippen molar-refractivity contribution < 1.29 is 14.8 Å². The summed E-state index contributed by atoms with van der Waals surface area (Å²) in [6, 6.07) is 0. The number of nitro groups is 1. The molecule has 2 rings (SSSR count). The molecule has 1 aromatic rings. The third-order valence-electron chi connectivity index (χ3n) is 3.09. The van der Waals surface area contributed by atoms with Crippen LogP contribution in [0, 0.1) is 17.0 Å². The molecule has 1 aromatic heterocycles. The molecule has 0 amide bonds. The number of aryl methyl sites for hydroxylation is 1. The summed E-state index contributed by atoms with van der Waals surface area (Å²) in [6.07, 6.45) is 1.42. The van der Waals surface area contributed by atoms with Gasteiger partial charge in [-0.3, -0.25) is 4.79 Å². The molecule has 17 heavy (non-hydrogen) atoms. The summed E-state index contributed by atoms with van der Waals surface area (Å²) >= 11 is 0. The first-order valence-corrected chi connectivity index (χ1v) is 5.44. The maximum absolute atomic E-state index is 10.9. The average molecular weight is 239 g/mol. The lowest BCUT2D eigenvalue weighted by Gasteiger charge is -2.22. The summed E-state index contributed by atoms with van der Waals surface area (Å²) in [5.74, 6) is -0.838. The van der Waals surface area contributed by atoms with E-state index >= 15 is 0 Å². The number of aliphatic carboxylic acids is 1. The van der Waals surface area contributed by atoms with Crippen LogP contribution >= 0.6 is 0 Å². The number of fused-ring (bicyclic) bond motifs is 1. The van der Waals surface area contributed by atoms with Crippen LogP contribution in [0.3, 0.4) is 0 Å². The molecular weight excluding hydrogens is 226 g/mol. The lowest BCUT2D eigenvalue weighted by molar-refractivity contribution is -0.390. The van der Waals surface area contributed by atoms with Crippen molar-refractivity contribution in [2.75, 3.05) is 0 Å². The van der Waals surface area contributed by atoms with Crippen molar-refractivity contribution >= 4 is 11.8 Å². The van der Waals surface area contributed by atoms with E-state index in [0.29, 0.717) is 24.5 Å². The third-order valence-corrected chi connectivity index (χ3v) is 3.09. The molecule has 7 heteroatoms. The van der Waals surface area contributed by atoms with Gasteiger partial charge in [-0.2, -0.15) is 0 Å². The van der Waals surface area contributed by atoms with Crippen molar-refractivity contribution in [1.29, 1.82) is 0 Å². The largest absolute Gasteiger partial charge is 0.481 e. The predicted molar refractivity (Wildman–Crippen MR) is 57.8 cm³/mol. The molecule has 7 nitrogen and oxygen atoms in total. The normalized spacial score (nSPS) is 18.8. The number of imidazole rings is 1. The van der Waals surface area contributed by atoms with E-state index in [9.17, 15) is 14.9 Å². The van der Waals surface area contributed by atoms with Crippen molar-refractivity contribution in [3.8, 4) is 0 Å². The molecule has 1 aliphatic rings. The zero-order valence-corrected chi connectivity index (χ0v) is 9.42. The minimum Gasteiger partial charge on any atom is -0.481 e. The Morgan fingerprint density at radius 3 is 3.00 bits per heavy atom. The molecule has 0 aromatic carbocycles. The van der Waals surface area contributed by atoms with E-state index in [2.05, 4.69) is 4.98 Å². The number of rotatable bonds is 3. The second-order valence-corrected chi connectivity index (χ2v) is 4.21. The summed E-state index contributed by atoms with van der Waals surface area (Å²) in [4.78, 5) is 25.1. The Bertz CT molecular complexity index is 480. The van der Waals surface area contributed by atoms with Gasteiger partial charge in [-0.05, 0) is 22.7 Å². The average Bonchev–Trinajstić information content (AvgIpc) is 2.57. The number of carbonyl (C=O) groups is 1. The van der Waals surface area contributed by atoms with Crippen LogP contribution in [0.4, 0.5) is 5.82 Å². The second kappa shape index (κ2) is 4.15. The lowest BCUT2D eigenvalue weighted by atomic mass is 9.92. The van der Waals surface area contributed by atoms with Crippen molar-refractivity contribution in [3.05, 3.63) is 21.6 Å². The van der Waals surface area contributed by atoms with Gasteiger partial charge >= 0.3 is 11.8 Å². The Labute approximate surface area is 97.2 Å². The van der Waals surface area contributed by atoms with Crippen LogP contribution in [0.15, 0.2) is 0 Å². The summed E-state index contributed by atoms with van der Waals surface area (Å²) in [6.45, 7) is 2.39. The van der Waals surface area contributed by atoms with Crippen LogP contribution in [0.25, 0.3) is 0 Å². The highest BCUT2D eigenvalue weighted by atomic mass is 16.6. The zero-order valence-electron chi connectivity index (χ0n) is 9.42. The highest BCUT2D eigenvalue weighted by molar-refractivity contribution is 5.68. The van der Waals surface area contributed by atoms with Crippen LogP contribution in [0.2, 0.25) is 0 Å². The molecule has 0 fully saturated rings. The maximum atomic E-state index is 10.9. The molecule has 0 saturated heterocycles. The third kappa shape index (κ3) is 2.00. The van der Waals surface area contributed by atoms with Gasteiger partial charge in [-0.25, -0.2) is 0 Å². The van der Waals surface area contributed by atoms with E-state index < -0.39 is 10.9 Å². The van der Waals surface area contributed by atoms with E-state index in [1.165, 1.54) is 0 Å². The van der Waals surface area contributed by atoms with Gasteiger partial charge in [-0.15, -0.1) is 0 Å². The first-order valence-electron chi connectivity index (χ1n) is 5.44. The van der Waals surface area contributed by atoms with Gasteiger partial charge in [0.25, 0.3) is 0 Å². The first kappa shape index (κ1) is 11.6. The van der Waals surface area contributed by atoms with Crippen molar-refractivity contribution in [1.82, 2.24) is 9.55 Å². The van der Waals surface area contributed by atoms with Gasteiger partial charge in [0.15, 0.2) is 0 Å². The molecule has 1 N–H and O–H groups in total. The second-order valence-electron chi connectivity index (χ2n) is 4.21. The molecule has 1 unspecified atom stereocenters. The van der Waals surface area contributed by atoms with Crippen molar-refractivity contribution in [2.24, 2.45) is 0 Å². The first-order chi connectivity index (χ1) is 8.00. The molecule has 0 spiro atoms. The Morgan fingerprint density at radius 2 is 2.41 bits per heavy atom. The summed E-state index contributed by atoms with van der Waals surface area (Å²) < 4.78 is 1.77. The molecule has 0 bridgehead atoms. The van der Waals surface area contributed by atoms with Gasteiger partial charge in [0.1, 0.15) is 5.69 Å². The number of hydrogen-bond acceptors (Lipinski definition) is 4. The van der Waals surface area contributed by atoms with Gasteiger partial charge in [0.05, 0.1) is 6.42 Å². The van der Waals surface area contributed by atoms with E-state index in [0.717, 1.165) is 6.42 Å². The molecular formula is C10H13N3O4. The molecule has 2 heterocycles. The minimum absolute atomic E-state index is 0.0774. The van der Waals surface area contributed by atoms with Crippen LogP contribution in [0.1, 0.15) is 36.7 Å². The lowest BCUT2D eigenvalue weighted by Crippen LogP contribution is -2.19. The van der Waals surface area contributed by atoms with E-state index in [1.807, 2.05) is 0 Å². The SMILES string of the molecule is Cc1nc([N+](=O)[O-])c2n1CCCC2CC(=O)O. The fourth-order valence-electron chi connectivity index (χ4n) is 2.43. The molecule has 0 radical (unpaired) electrons. The number of carboxylic acids is 1. The summed E-state index contributed by atoms with van der Waals surface area (Å²) in [7, 11) is 0. The van der Waals surface area contributed by atoms with Gasteiger partial charge in [0.2, 0.25) is 5.82 Å². The van der Waals surface area contributed by atoms with E-state index in [-0.39, 0.29) is 18.2 Å². The Kier molecular flexibility index (Phi) is 2.83. The zero-order chi connectivity index (χ0) is 12.6. The van der Waals surface area contributed by atoms with Crippen molar-refractivity contribution in [3.63, 3.8) is 0 Å². The van der Waals surface area contributed by atoms with E-state index in [4.69, 9.17) is 5.11 Å². The summed E-state index contributed by atoms with van der Waals surface area (Å²) in [5, 5.41) is 19.7. The standard InChI is InChI=1S/C10H13N3O4/c1-6-11-10(13(16)17)9-7(5-8(14)15)3-2-4-12(6)9/h7H,2-5H2,1H3,(H,14,15). The van der Waals surface area contributed by atoms with Crippen LogP contribution in [-0.2, 0) is 11.3 Å². The Balaban J connectivity index is 2.47. The monoisotopic (exact) mass is 239 g/mol. The van der Waals surface area contributed by atoms with Gasteiger partial charge < -0.3 is 19.8 Å². The number of carboxylic acid groups (broad SMARTS) is 1. The quantitative estimate of drug-likeness (QED) is 0.635. The van der Waals surface area contributed by atoms with Gasteiger partial charge in [0, 0.05) is 19.4 Å². The molecule has 0 aliphatic carbocycles. The molecule has 1 atom stereocenters. The Morgan fingerprint density at radius 1 is 1.71 bits per heavy atom. The molecule has 92 valence electrons. The Hall–Kier alpha value is -1.92. The maximum Gasteiger partial charge on any atom is 0.385 e. The number of nitrogens with zero attached hydrogens (tertiary/aromatic N) is 3. The topological polar surface area (TPSA) is 98.3 Å². The van der Waals surface area contributed by atoms with Crippen LogP contribution < -0.4 is 0 Å². The predicted octanol–water partition coefficient (Wildman–Crippen LogP) is 1.45. The summed E-state index contributed by atoms with van der Waals surface area (Å²) in [5.41, 5.74) is 0.473. The van der Waals surface area contributed by atoms with Gasteiger partial charge in [-0.1, -0.05) is 0 Å². The smallest absolute Gasteiger partial charge is 0.385 e. The van der Waals surface area contributed by atoms with Crippen LogP contribution in [-0.4, -0.2) is 25.6 Å². The van der Waals surface area contributed by atoms with Crippen LogP contribution in [0.5, 0.6) is 0 Å². The number of aromatic nitrogens is 2. The molecule has 1 aliphatic heterocycles. The number of hydrogen-bond donors (Lipinski definition) is 1. The molecule has 0 saturated carbocycles. The van der Waals surface area contributed by atoms with E-state index in [1.54, 1.807) is 11.5 Å². The highest BCUT2D eigenvalue weighted by Gasteiger charge is 2.34.